The SMILES string of the molecule is Oc1[nH]c2cc(F)ccc2c1N=Nc1nc(-c2ccccc2)cs1. The molecular formula is C17H11FN4OS. The molecule has 2 heterocycles. The Hall–Kier alpha value is -3.06. The fraction of sp³-hybridized carbons (Fsp3) is 0. The smallest absolute Gasteiger partial charge is 0.230 e. The van der Waals surface area contributed by atoms with E-state index in [9.17, 15) is 9.50 Å². The standard InChI is InChI=1S/C17H11FN4OS/c18-11-6-7-12-13(8-11)19-16(23)15(12)21-22-17-20-14(9-24-17)10-4-2-1-3-5-10/h1-9,19,23H. The third-order valence-corrected chi connectivity index (χ3v) is 4.24. The molecular weight excluding hydrogens is 327 g/mol. The monoisotopic (exact) mass is 338 g/mol. The number of hydrogen-bond donors (Lipinski definition) is 2. The minimum absolute atomic E-state index is 0.154. The van der Waals surface area contributed by atoms with Gasteiger partial charge in [0.15, 0.2) is 5.69 Å². The molecule has 4 rings (SSSR count). The molecule has 5 nitrogen and oxygen atoms in total. The highest BCUT2D eigenvalue weighted by atomic mass is 32.1. The Morgan fingerprint density at radius 3 is 2.75 bits per heavy atom. The normalized spacial score (nSPS) is 11.5. The van der Waals surface area contributed by atoms with E-state index in [0.29, 0.717) is 16.0 Å². The second kappa shape index (κ2) is 5.86. The minimum atomic E-state index is -0.389. The van der Waals surface area contributed by atoms with Gasteiger partial charge in [0.25, 0.3) is 0 Å². The molecule has 2 aromatic carbocycles. The maximum Gasteiger partial charge on any atom is 0.230 e. The van der Waals surface area contributed by atoms with E-state index in [-0.39, 0.29) is 17.4 Å². The van der Waals surface area contributed by atoms with Crippen LogP contribution in [0.4, 0.5) is 15.2 Å². The number of rotatable bonds is 3. The molecule has 0 unspecified atom stereocenters. The molecule has 24 heavy (non-hydrogen) atoms. The highest BCUT2D eigenvalue weighted by molar-refractivity contribution is 7.13. The van der Waals surface area contributed by atoms with E-state index in [1.807, 2.05) is 35.7 Å². The Labute approximate surface area is 140 Å². The molecule has 0 fully saturated rings. The molecule has 0 saturated carbocycles. The van der Waals surface area contributed by atoms with Gasteiger partial charge < -0.3 is 10.1 Å². The average molecular weight is 338 g/mol. The van der Waals surface area contributed by atoms with E-state index in [1.54, 1.807) is 6.07 Å². The number of aromatic nitrogens is 2. The van der Waals surface area contributed by atoms with Crippen LogP contribution in [0.15, 0.2) is 64.1 Å². The number of azo groups is 1. The third kappa shape index (κ3) is 2.65. The molecule has 7 heteroatoms. The Morgan fingerprint density at radius 1 is 1.08 bits per heavy atom. The summed E-state index contributed by atoms with van der Waals surface area (Å²) in [5, 5.41) is 21.1. The van der Waals surface area contributed by atoms with Crippen molar-refractivity contribution >= 4 is 33.1 Å². The number of aromatic amines is 1. The van der Waals surface area contributed by atoms with Crippen LogP contribution in [0.2, 0.25) is 0 Å². The van der Waals surface area contributed by atoms with Crippen molar-refractivity contribution in [3.8, 4) is 17.1 Å². The number of nitrogens with one attached hydrogen (secondary N) is 1. The van der Waals surface area contributed by atoms with Gasteiger partial charge in [-0.2, -0.15) is 0 Å². The Kier molecular flexibility index (Phi) is 3.55. The maximum absolute atomic E-state index is 13.2. The predicted molar refractivity (Wildman–Crippen MR) is 91.6 cm³/mol. The zero-order valence-electron chi connectivity index (χ0n) is 12.3. The molecule has 0 amide bonds. The molecule has 2 aromatic heterocycles. The number of H-pyrrole nitrogens is 1. The summed E-state index contributed by atoms with van der Waals surface area (Å²) in [5.74, 6) is -0.543. The zero-order valence-corrected chi connectivity index (χ0v) is 13.1. The zero-order chi connectivity index (χ0) is 16.5. The minimum Gasteiger partial charge on any atom is -0.493 e. The molecule has 0 aliphatic rings. The Bertz CT molecular complexity index is 1040. The van der Waals surface area contributed by atoms with Gasteiger partial charge in [0.2, 0.25) is 11.0 Å². The van der Waals surface area contributed by atoms with Crippen LogP contribution < -0.4 is 0 Å². The van der Waals surface area contributed by atoms with Gasteiger partial charge in [-0.05, 0) is 18.2 Å². The van der Waals surface area contributed by atoms with Crippen LogP contribution in [0.1, 0.15) is 0 Å². The van der Waals surface area contributed by atoms with E-state index >= 15 is 0 Å². The summed E-state index contributed by atoms with van der Waals surface area (Å²) in [6, 6.07) is 13.9. The quantitative estimate of drug-likeness (QED) is 0.480. The first-order valence-electron chi connectivity index (χ1n) is 7.13. The van der Waals surface area contributed by atoms with Crippen LogP contribution in [-0.2, 0) is 0 Å². The van der Waals surface area contributed by atoms with Gasteiger partial charge in [0, 0.05) is 16.3 Å². The largest absolute Gasteiger partial charge is 0.493 e. The van der Waals surface area contributed by atoms with Crippen molar-refractivity contribution in [2.24, 2.45) is 10.2 Å². The Morgan fingerprint density at radius 2 is 1.92 bits per heavy atom. The van der Waals surface area contributed by atoms with Gasteiger partial charge in [-0.25, -0.2) is 9.37 Å². The molecule has 0 saturated heterocycles. The second-order valence-corrected chi connectivity index (χ2v) is 5.93. The summed E-state index contributed by atoms with van der Waals surface area (Å²) < 4.78 is 13.2. The van der Waals surface area contributed by atoms with Gasteiger partial charge in [-0.3, -0.25) is 0 Å². The fourth-order valence-corrected chi connectivity index (χ4v) is 3.03. The van der Waals surface area contributed by atoms with Gasteiger partial charge >= 0.3 is 0 Å². The van der Waals surface area contributed by atoms with E-state index < -0.39 is 0 Å². The van der Waals surface area contributed by atoms with Crippen molar-refractivity contribution in [3.63, 3.8) is 0 Å². The summed E-state index contributed by atoms with van der Waals surface area (Å²) in [5.41, 5.74) is 2.55. The summed E-state index contributed by atoms with van der Waals surface area (Å²) in [7, 11) is 0. The van der Waals surface area contributed by atoms with Crippen LogP contribution >= 0.6 is 11.3 Å². The fourth-order valence-electron chi connectivity index (χ4n) is 2.39. The maximum atomic E-state index is 13.2. The van der Waals surface area contributed by atoms with Crippen molar-refractivity contribution in [1.29, 1.82) is 0 Å². The summed E-state index contributed by atoms with van der Waals surface area (Å²) >= 11 is 1.36. The lowest BCUT2D eigenvalue weighted by molar-refractivity contribution is 0.459. The van der Waals surface area contributed by atoms with Crippen molar-refractivity contribution in [1.82, 2.24) is 9.97 Å². The third-order valence-electron chi connectivity index (χ3n) is 3.51. The number of fused-ring (bicyclic) bond motifs is 1. The van der Waals surface area contributed by atoms with Crippen LogP contribution in [0.3, 0.4) is 0 Å². The number of halogens is 1. The number of hydrogen-bond acceptors (Lipinski definition) is 5. The summed E-state index contributed by atoms with van der Waals surface area (Å²) in [4.78, 5) is 7.09. The molecule has 2 N–H and O–H groups in total. The van der Waals surface area contributed by atoms with E-state index in [1.165, 1.54) is 23.5 Å². The van der Waals surface area contributed by atoms with Crippen LogP contribution in [0.5, 0.6) is 5.88 Å². The van der Waals surface area contributed by atoms with E-state index in [4.69, 9.17) is 0 Å². The topological polar surface area (TPSA) is 73.6 Å². The van der Waals surface area contributed by atoms with Crippen molar-refractivity contribution in [2.75, 3.05) is 0 Å². The summed E-state index contributed by atoms with van der Waals surface area (Å²) in [6.45, 7) is 0. The molecule has 4 aromatic rings. The first kappa shape index (κ1) is 14.5. The van der Waals surface area contributed by atoms with Crippen molar-refractivity contribution in [3.05, 3.63) is 59.7 Å². The molecule has 118 valence electrons. The molecule has 0 atom stereocenters. The van der Waals surface area contributed by atoms with E-state index in [0.717, 1.165) is 11.3 Å². The molecule has 0 spiro atoms. The molecule has 0 bridgehead atoms. The highest BCUT2D eigenvalue weighted by Gasteiger charge is 2.11. The number of nitrogens with zero attached hydrogens (tertiary/aromatic N) is 3. The number of aromatic hydroxyl groups is 1. The highest BCUT2D eigenvalue weighted by Crippen LogP contribution is 2.37. The van der Waals surface area contributed by atoms with E-state index in [2.05, 4.69) is 20.2 Å². The lowest BCUT2D eigenvalue weighted by Crippen LogP contribution is -1.74. The predicted octanol–water partition coefficient (Wildman–Crippen LogP) is 5.55. The van der Waals surface area contributed by atoms with Crippen molar-refractivity contribution < 1.29 is 9.50 Å². The van der Waals surface area contributed by atoms with Crippen LogP contribution in [0, 0.1) is 5.82 Å². The van der Waals surface area contributed by atoms with Gasteiger partial charge in [-0.15, -0.1) is 21.6 Å². The van der Waals surface area contributed by atoms with Gasteiger partial charge in [-0.1, -0.05) is 30.3 Å². The molecule has 0 aliphatic carbocycles. The second-order valence-electron chi connectivity index (χ2n) is 5.09. The molecule has 0 aliphatic heterocycles. The number of thiazole rings is 1. The summed E-state index contributed by atoms with van der Waals surface area (Å²) in [6.07, 6.45) is 0. The molecule has 0 radical (unpaired) electrons. The average Bonchev–Trinajstić information content (AvgIpc) is 3.17. The lowest BCUT2D eigenvalue weighted by atomic mass is 10.2. The Balaban J connectivity index is 1.67. The van der Waals surface area contributed by atoms with Gasteiger partial charge in [0.1, 0.15) is 5.82 Å². The van der Waals surface area contributed by atoms with Gasteiger partial charge in [0.05, 0.1) is 11.2 Å². The van der Waals surface area contributed by atoms with Crippen LogP contribution in [0.25, 0.3) is 22.2 Å². The first-order chi connectivity index (χ1) is 11.7. The number of benzene rings is 2. The first-order valence-corrected chi connectivity index (χ1v) is 8.01. The van der Waals surface area contributed by atoms with Crippen molar-refractivity contribution in [2.45, 2.75) is 0 Å². The lowest BCUT2D eigenvalue weighted by Gasteiger charge is -1.93. The van der Waals surface area contributed by atoms with Crippen LogP contribution in [-0.4, -0.2) is 15.1 Å².